The van der Waals surface area contributed by atoms with Gasteiger partial charge in [-0.25, -0.2) is 4.39 Å². The topological polar surface area (TPSA) is 32.8 Å². The smallest absolute Gasteiger partial charge is 0.260 e. The summed E-state index contributed by atoms with van der Waals surface area (Å²) < 4.78 is 18.5. The zero-order chi connectivity index (χ0) is 16.1. The first-order chi connectivity index (χ1) is 11.2. The summed E-state index contributed by atoms with van der Waals surface area (Å²) in [4.78, 5) is 16.7. The Kier molecular flexibility index (Phi) is 5.78. The highest BCUT2D eigenvalue weighted by Gasteiger charge is 2.26. The third kappa shape index (κ3) is 4.61. The van der Waals surface area contributed by atoms with Gasteiger partial charge in [0.05, 0.1) is 0 Å². The molecular formula is C17H23FN2O2S. The molecule has 3 rings (SSSR count). The lowest BCUT2D eigenvalue weighted by molar-refractivity contribution is -0.133. The quantitative estimate of drug-likeness (QED) is 0.843. The molecule has 126 valence electrons. The fourth-order valence-electron chi connectivity index (χ4n) is 3.16. The fourth-order valence-corrected chi connectivity index (χ4v) is 4.41. The van der Waals surface area contributed by atoms with Crippen LogP contribution in [0.2, 0.25) is 0 Å². The van der Waals surface area contributed by atoms with Crippen molar-refractivity contribution in [2.75, 3.05) is 44.3 Å². The molecule has 1 aromatic rings. The Bertz CT molecular complexity index is 537. The van der Waals surface area contributed by atoms with Crippen LogP contribution in [0.4, 0.5) is 4.39 Å². The van der Waals surface area contributed by atoms with Crippen LogP contribution in [-0.2, 0) is 4.79 Å². The maximum atomic E-state index is 13.1. The molecule has 1 aromatic carbocycles. The Hall–Kier alpha value is -1.27. The van der Waals surface area contributed by atoms with Crippen molar-refractivity contribution in [1.82, 2.24) is 9.80 Å². The third-order valence-electron chi connectivity index (χ3n) is 4.46. The molecule has 0 bridgehead atoms. The van der Waals surface area contributed by atoms with E-state index in [1.165, 1.54) is 30.1 Å². The monoisotopic (exact) mass is 338 g/mol. The van der Waals surface area contributed by atoms with E-state index in [-0.39, 0.29) is 18.3 Å². The highest BCUT2D eigenvalue weighted by Crippen LogP contribution is 2.23. The first-order valence-electron chi connectivity index (χ1n) is 8.20. The molecule has 0 radical (unpaired) electrons. The maximum absolute atomic E-state index is 13.1. The summed E-state index contributed by atoms with van der Waals surface area (Å²) >= 11 is 2.02. The third-order valence-corrected chi connectivity index (χ3v) is 5.61. The number of halogens is 1. The molecule has 1 amide bonds. The van der Waals surface area contributed by atoms with Gasteiger partial charge in [-0.3, -0.25) is 9.69 Å². The Balaban J connectivity index is 1.47. The Labute approximate surface area is 141 Å². The second-order valence-electron chi connectivity index (χ2n) is 6.03. The van der Waals surface area contributed by atoms with E-state index in [4.69, 9.17) is 4.74 Å². The van der Waals surface area contributed by atoms with E-state index in [1.807, 2.05) is 16.7 Å². The molecule has 23 heavy (non-hydrogen) atoms. The van der Waals surface area contributed by atoms with Crippen LogP contribution in [0.3, 0.4) is 0 Å². The zero-order valence-corrected chi connectivity index (χ0v) is 14.1. The average molecular weight is 338 g/mol. The standard InChI is InChI=1S/C17H23FN2O2S/c18-14-3-1-4-16(11-14)22-12-17(21)20-7-2-6-19(8-9-20)15-5-10-23-13-15/h1,3-4,11,15H,2,5-10,12-13H2. The summed E-state index contributed by atoms with van der Waals surface area (Å²) in [5.41, 5.74) is 0. The van der Waals surface area contributed by atoms with Gasteiger partial charge < -0.3 is 9.64 Å². The normalized spacial score (nSPS) is 22.8. The Morgan fingerprint density at radius 2 is 2.22 bits per heavy atom. The molecule has 1 atom stereocenters. The number of hydrogen-bond donors (Lipinski definition) is 0. The number of hydrogen-bond acceptors (Lipinski definition) is 4. The molecule has 6 heteroatoms. The molecule has 2 saturated heterocycles. The SMILES string of the molecule is O=C(COc1cccc(F)c1)N1CCCN(C2CCSC2)CC1. The minimum atomic E-state index is -0.352. The molecule has 2 heterocycles. The van der Waals surface area contributed by atoms with E-state index >= 15 is 0 Å². The number of thioether (sulfide) groups is 1. The highest BCUT2D eigenvalue weighted by molar-refractivity contribution is 7.99. The van der Waals surface area contributed by atoms with Crippen molar-refractivity contribution in [2.45, 2.75) is 18.9 Å². The summed E-state index contributed by atoms with van der Waals surface area (Å²) in [5, 5.41) is 0. The summed E-state index contributed by atoms with van der Waals surface area (Å²) in [5.74, 6) is 2.51. The minimum absolute atomic E-state index is 0.0168. The molecule has 0 aliphatic carbocycles. The van der Waals surface area contributed by atoms with Gasteiger partial charge in [0.25, 0.3) is 5.91 Å². The number of nitrogens with zero attached hydrogens (tertiary/aromatic N) is 2. The van der Waals surface area contributed by atoms with E-state index in [0.717, 1.165) is 32.6 Å². The highest BCUT2D eigenvalue weighted by atomic mass is 32.2. The van der Waals surface area contributed by atoms with E-state index < -0.39 is 0 Å². The van der Waals surface area contributed by atoms with Gasteiger partial charge in [0.2, 0.25) is 0 Å². The van der Waals surface area contributed by atoms with Gasteiger partial charge in [0, 0.05) is 44.0 Å². The number of carbonyl (C=O) groups excluding carboxylic acids is 1. The van der Waals surface area contributed by atoms with Gasteiger partial charge >= 0.3 is 0 Å². The lowest BCUT2D eigenvalue weighted by Gasteiger charge is -2.26. The molecule has 0 N–H and O–H groups in total. The van der Waals surface area contributed by atoms with Gasteiger partial charge in [0.15, 0.2) is 6.61 Å². The summed E-state index contributed by atoms with van der Waals surface area (Å²) in [7, 11) is 0. The van der Waals surface area contributed by atoms with Gasteiger partial charge in [-0.2, -0.15) is 11.8 Å². The van der Waals surface area contributed by atoms with Crippen molar-refractivity contribution in [3.05, 3.63) is 30.1 Å². The van der Waals surface area contributed by atoms with Crippen LogP contribution in [0.1, 0.15) is 12.8 Å². The van der Waals surface area contributed by atoms with Gasteiger partial charge in [-0.15, -0.1) is 0 Å². The minimum Gasteiger partial charge on any atom is -0.484 e. The molecule has 4 nitrogen and oxygen atoms in total. The van der Waals surface area contributed by atoms with Crippen LogP contribution >= 0.6 is 11.8 Å². The van der Waals surface area contributed by atoms with Crippen LogP contribution in [0, 0.1) is 5.82 Å². The molecular weight excluding hydrogens is 315 g/mol. The zero-order valence-electron chi connectivity index (χ0n) is 13.2. The van der Waals surface area contributed by atoms with Crippen molar-refractivity contribution in [3.8, 4) is 5.75 Å². The Morgan fingerprint density at radius 3 is 3.00 bits per heavy atom. The van der Waals surface area contributed by atoms with Crippen LogP contribution in [-0.4, -0.2) is 66.0 Å². The second-order valence-corrected chi connectivity index (χ2v) is 7.18. The average Bonchev–Trinajstić information content (AvgIpc) is 2.97. The van der Waals surface area contributed by atoms with E-state index in [0.29, 0.717) is 11.8 Å². The number of benzene rings is 1. The predicted octanol–water partition coefficient (Wildman–Crippen LogP) is 2.24. The van der Waals surface area contributed by atoms with Crippen LogP contribution in [0.15, 0.2) is 24.3 Å². The van der Waals surface area contributed by atoms with Crippen molar-refractivity contribution >= 4 is 17.7 Å². The predicted molar refractivity (Wildman–Crippen MR) is 90.4 cm³/mol. The van der Waals surface area contributed by atoms with Crippen LogP contribution in [0.5, 0.6) is 5.75 Å². The van der Waals surface area contributed by atoms with E-state index in [9.17, 15) is 9.18 Å². The summed E-state index contributed by atoms with van der Waals surface area (Å²) in [6, 6.07) is 6.59. The number of amides is 1. The van der Waals surface area contributed by atoms with Gasteiger partial charge in [-0.1, -0.05) is 6.07 Å². The molecule has 1 unspecified atom stereocenters. The van der Waals surface area contributed by atoms with Gasteiger partial charge in [0.1, 0.15) is 11.6 Å². The molecule has 0 aromatic heterocycles. The molecule has 2 aliphatic rings. The van der Waals surface area contributed by atoms with Crippen molar-refractivity contribution in [1.29, 1.82) is 0 Å². The molecule has 0 saturated carbocycles. The molecule has 2 aliphatic heterocycles. The molecule has 2 fully saturated rings. The van der Waals surface area contributed by atoms with Crippen molar-refractivity contribution in [3.63, 3.8) is 0 Å². The van der Waals surface area contributed by atoms with Crippen molar-refractivity contribution < 1.29 is 13.9 Å². The maximum Gasteiger partial charge on any atom is 0.260 e. The second kappa shape index (κ2) is 8.02. The number of carbonyl (C=O) groups is 1. The largest absolute Gasteiger partial charge is 0.484 e. The summed E-state index contributed by atoms with van der Waals surface area (Å²) in [6.45, 7) is 3.52. The lowest BCUT2D eigenvalue weighted by atomic mass is 10.2. The van der Waals surface area contributed by atoms with Crippen LogP contribution < -0.4 is 4.74 Å². The van der Waals surface area contributed by atoms with E-state index in [1.54, 1.807) is 12.1 Å². The summed E-state index contributed by atoms with van der Waals surface area (Å²) in [6.07, 6.45) is 2.27. The number of ether oxygens (including phenoxy) is 1. The Morgan fingerprint density at radius 1 is 1.30 bits per heavy atom. The van der Waals surface area contributed by atoms with Gasteiger partial charge in [-0.05, 0) is 30.7 Å². The van der Waals surface area contributed by atoms with E-state index in [2.05, 4.69) is 4.90 Å². The van der Waals surface area contributed by atoms with Crippen molar-refractivity contribution in [2.24, 2.45) is 0 Å². The molecule has 0 spiro atoms. The number of rotatable bonds is 4. The first-order valence-corrected chi connectivity index (χ1v) is 9.36. The fraction of sp³-hybridized carbons (Fsp3) is 0.588. The van der Waals surface area contributed by atoms with Crippen LogP contribution in [0.25, 0.3) is 0 Å². The lowest BCUT2D eigenvalue weighted by Crippen LogP contribution is -2.40. The first kappa shape index (κ1) is 16.6.